The number of hydrazone groups is 2. The molecule has 1 aromatic heterocycles. The highest BCUT2D eigenvalue weighted by molar-refractivity contribution is 5.94. The second-order valence-corrected chi connectivity index (χ2v) is 4.26. The first-order valence-corrected chi connectivity index (χ1v) is 5.75. The Labute approximate surface area is 105 Å². The molecule has 6 heteroatoms. The number of rotatable bonds is 3. The number of amides is 2. The molecule has 2 amide bonds. The standard InChI is InChI=1S/C12H15N5O/c1-9(2)11-8-17(12(18)16-15-11)14-7-10-4-3-5-13-6-10/h3-7,9H,8H2,1-2H3,(H,16,18). The van der Waals surface area contributed by atoms with Crippen LogP contribution in [0.4, 0.5) is 4.79 Å². The van der Waals surface area contributed by atoms with E-state index in [2.05, 4.69) is 20.6 Å². The zero-order valence-corrected chi connectivity index (χ0v) is 10.4. The molecule has 1 aliphatic heterocycles. The lowest BCUT2D eigenvalue weighted by atomic mass is 10.1. The second-order valence-electron chi connectivity index (χ2n) is 4.26. The van der Waals surface area contributed by atoms with Gasteiger partial charge < -0.3 is 0 Å². The first kappa shape index (κ1) is 12.2. The summed E-state index contributed by atoms with van der Waals surface area (Å²) >= 11 is 0. The Hall–Kier alpha value is -2.24. The van der Waals surface area contributed by atoms with Crippen molar-refractivity contribution in [3.8, 4) is 0 Å². The third kappa shape index (κ3) is 2.91. The van der Waals surface area contributed by atoms with Gasteiger partial charge in [-0.15, -0.1) is 0 Å². The average molecular weight is 245 g/mol. The molecule has 0 atom stereocenters. The summed E-state index contributed by atoms with van der Waals surface area (Å²) in [5.74, 6) is 0.279. The highest BCUT2D eigenvalue weighted by Gasteiger charge is 2.21. The van der Waals surface area contributed by atoms with E-state index in [0.717, 1.165) is 11.3 Å². The number of carbonyl (C=O) groups excluding carboxylic acids is 1. The number of urea groups is 1. The van der Waals surface area contributed by atoms with Gasteiger partial charge in [-0.25, -0.2) is 15.2 Å². The van der Waals surface area contributed by atoms with Gasteiger partial charge in [0.2, 0.25) is 0 Å². The molecule has 0 radical (unpaired) electrons. The van der Waals surface area contributed by atoms with E-state index in [1.807, 2.05) is 26.0 Å². The molecular weight excluding hydrogens is 230 g/mol. The largest absolute Gasteiger partial charge is 0.358 e. The van der Waals surface area contributed by atoms with E-state index in [-0.39, 0.29) is 11.9 Å². The molecule has 0 aromatic carbocycles. The Balaban J connectivity index is 2.08. The number of hydrogen-bond acceptors (Lipinski definition) is 4. The summed E-state index contributed by atoms with van der Waals surface area (Å²) in [4.78, 5) is 15.5. The van der Waals surface area contributed by atoms with Crippen LogP contribution in [0.15, 0.2) is 34.7 Å². The highest BCUT2D eigenvalue weighted by atomic mass is 16.2. The van der Waals surface area contributed by atoms with E-state index in [9.17, 15) is 4.79 Å². The van der Waals surface area contributed by atoms with Gasteiger partial charge in [-0.3, -0.25) is 4.98 Å². The SMILES string of the molecule is CC(C)C1=NNC(=O)N(N=Cc2cccnc2)C1. The summed E-state index contributed by atoms with van der Waals surface area (Å²) in [7, 11) is 0. The molecule has 1 aromatic rings. The minimum absolute atomic E-state index is 0.279. The smallest absolute Gasteiger partial charge is 0.264 e. The van der Waals surface area contributed by atoms with Crippen molar-refractivity contribution < 1.29 is 4.79 Å². The molecule has 1 aliphatic rings. The third-order valence-corrected chi connectivity index (χ3v) is 2.54. The van der Waals surface area contributed by atoms with E-state index in [4.69, 9.17) is 0 Å². The van der Waals surface area contributed by atoms with Crippen molar-refractivity contribution in [3.63, 3.8) is 0 Å². The van der Waals surface area contributed by atoms with Crippen molar-refractivity contribution in [3.05, 3.63) is 30.1 Å². The van der Waals surface area contributed by atoms with E-state index in [0.29, 0.717) is 6.54 Å². The third-order valence-electron chi connectivity index (χ3n) is 2.54. The van der Waals surface area contributed by atoms with Gasteiger partial charge in [0.25, 0.3) is 0 Å². The average Bonchev–Trinajstić information content (AvgIpc) is 2.38. The monoisotopic (exact) mass is 245 g/mol. The van der Waals surface area contributed by atoms with Crippen molar-refractivity contribution in [1.82, 2.24) is 15.4 Å². The summed E-state index contributed by atoms with van der Waals surface area (Å²) in [6, 6.07) is 3.37. The lowest BCUT2D eigenvalue weighted by molar-refractivity contribution is 0.203. The molecule has 0 saturated heterocycles. The molecule has 0 aliphatic carbocycles. The van der Waals surface area contributed by atoms with Crippen LogP contribution in [-0.2, 0) is 0 Å². The summed E-state index contributed by atoms with van der Waals surface area (Å²) < 4.78 is 0. The Bertz CT molecular complexity index is 481. The topological polar surface area (TPSA) is 70.0 Å². The summed E-state index contributed by atoms with van der Waals surface area (Å²) in [6.45, 7) is 4.47. The maximum absolute atomic E-state index is 11.6. The zero-order valence-electron chi connectivity index (χ0n) is 10.4. The van der Waals surface area contributed by atoms with Crippen LogP contribution in [0.3, 0.4) is 0 Å². The van der Waals surface area contributed by atoms with Crippen LogP contribution < -0.4 is 5.43 Å². The molecule has 0 spiro atoms. The van der Waals surface area contributed by atoms with Crippen LogP contribution in [-0.4, -0.2) is 34.5 Å². The van der Waals surface area contributed by atoms with Crippen LogP contribution in [0.1, 0.15) is 19.4 Å². The van der Waals surface area contributed by atoms with Crippen LogP contribution in [0.2, 0.25) is 0 Å². The minimum atomic E-state index is -0.320. The van der Waals surface area contributed by atoms with Gasteiger partial charge in [0, 0.05) is 18.0 Å². The van der Waals surface area contributed by atoms with E-state index >= 15 is 0 Å². The molecule has 2 rings (SSSR count). The summed E-state index contributed by atoms with van der Waals surface area (Å²) in [5.41, 5.74) is 4.19. The van der Waals surface area contributed by atoms with Crippen molar-refractivity contribution in [2.75, 3.05) is 6.54 Å². The van der Waals surface area contributed by atoms with E-state index in [1.54, 1.807) is 18.6 Å². The molecule has 0 bridgehead atoms. The number of aromatic nitrogens is 1. The fourth-order valence-corrected chi connectivity index (χ4v) is 1.43. The van der Waals surface area contributed by atoms with Gasteiger partial charge in [0.05, 0.1) is 18.5 Å². The predicted octanol–water partition coefficient (Wildman–Crippen LogP) is 1.45. The fraction of sp³-hybridized carbons (Fsp3) is 0.333. The van der Waals surface area contributed by atoms with Crippen LogP contribution in [0.5, 0.6) is 0 Å². The summed E-state index contributed by atoms with van der Waals surface area (Å²) in [5, 5.41) is 9.50. The van der Waals surface area contributed by atoms with Gasteiger partial charge in [0.1, 0.15) is 0 Å². The number of nitrogens with zero attached hydrogens (tertiary/aromatic N) is 4. The molecule has 1 N–H and O–H groups in total. The maximum Gasteiger partial charge on any atom is 0.358 e. The first-order valence-electron chi connectivity index (χ1n) is 5.75. The summed E-state index contributed by atoms with van der Waals surface area (Å²) in [6.07, 6.45) is 4.98. The normalized spacial score (nSPS) is 16.1. The minimum Gasteiger partial charge on any atom is -0.264 e. The molecule has 18 heavy (non-hydrogen) atoms. The Morgan fingerprint density at radius 3 is 3.06 bits per heavy atom. The van der Waals surface area contributed by atoms with Gasteiger partial charge >= 0.3 is 6.03 Å². The predicted molar refractivity (Wildman–Crippen MR) is 69.3 cm³/mol. The van der Waals surface area contributed by atoms with Gasteiger partial charge in [-0.1, -0.05) is 19.9 Å². The first-order chi connectivity index (χ1) is 8.66. The molecule has 94 valence electrons. The number of carbonyl (C=O) groups is 1. The lowest BCUT2D eigenvalue weighted by Crippen LogP contribution is -2.44. The molecule has 0 fully saturated rings. The van der Waals surface area contributed by atoms with E-state index < -0.39 is 0 Å². The molecule has 0 unspecified atom stereocenters. The van der Waals surface area contributed by atoms with Crippen molar-refractivity contribution >= 4 is 18.0 Å². The lowest BCUT2D eigenvalue weighted by Gasteiger charge is -2.23. The van der Waals surface area contributed by atoms with Gasteiger partial charge in [0.15, 0.2) is 0 Å². The molecule has 6 nitrogen and oxygen atoms in total. The zero-order chi connectivity index (χ0) is 13.0. The Morgan fingerprint density at radius 2 is 2.39 bits per heavy atom. The fourth-order valence-electron chi connectivity index (χ4n) is 1.43. The van der Waals surface area contributed by atoms with E-state index in [1.165, 1.54) is 5.01 Å². The van der Waals surface area contributed by atoms with Crippen LogP contribution in [0, 0.1) is 5.92 Å². The van der Waals surface area contributed by atoms with Crippen LogP contribution >= 0.6 is 0 Å². The van der Waals surface area contributed by atoms with Crippen molar-refractivity contribution in [2.45, 2.75) is 13.8 Å². The Kier molecular flexibility index (Phi) is 3.66. The number of hydrogen-bond donors (Lipinski definition) is 1. The molecule has 2 heterocycles. The molecule has 0 saturated carbocycles. The van der Waals surface area contributed by atoms with Gasteiger partial charge in [-0.05, 0) is 12.0 Å². The quantitative estimate of drug-likeness (QED) is 0.819. The molecular formula is C12H15N5O. The number of pyridine rings is 1. The van der Waals surface area contributed by atoms with Crippen molar-refractivity contribution in [1.29, 1.82) is 0 Å². The number of nitrogens with one attached hydrogen (secondary N) is 1. The van der Waals surface area contributed by atoms with Gasteiger partial charge in [-0.2, -0.15) is 10.2 Å². The maximum atomic E-state index is 11.6. The van der Waals surface area contributed by atoms with Crippen LogP contribution in [0.25, 0.3) is 0 Å². The Morgan fingerprint density at radius 1 is 1.56 bits per heavy atom. The second kappa shape index (κ2) is 5.39. The highest BCUT2D eigenvalue weighted by Crippen LogP contribution is 2.06. The van der Waals surface area contributed by atoms with Crippen molar-refractivity contribution in [2.24, 2.45) is 16.1 Å².